The van der Waals surface area contributed by atoms with Gasteiger partial charge in [0.15, 0.2) is 5.17 Å². The third-order valence-corrected chi connectivity index (χ3v) is 5.43. The highest BCUT2D eigenvalue weighted by atomic mass is 32.2. The second-order valence-corrected chi connectivity index (χ2v) is 7.91. The van der Waals surface area contributed by atoms with Crippen LogP contribution in [-0.2, 0) is 4.79 Å². The maximum atomic E-state index is 13.2. The quantitative estimate of drug-likeness (QED) is 0.489. The van der Waals surface area contributed by atoms with Crippen molar-refractivity contribution in [1.82, 2.24) is 0 Å². The summed E-state index contributed by atoms with van der Waals surface area (Å²) in [5.41, 5.74) is 3.25. The molecule has 0 unspecified atom stereocenters. The van der Waals surface area contributed by atoms with Gasteiger partial charge in [0, 0.05) is 18.2 Å². The van der Waals surface area contributed by atoms with Gasteiger partial charge in [-0.05, 0) is 35.3 Å². The Hall–Kier alpha value is -3.04. The Labute approximate surface area is 175 Å². The van der Waals surface area contributed by atoms with Crippen molar-refractivity contribution in [3.8, 4) is 11.8 Å². The number of amides is 1. The lowest BCUT2D eigenvalue weighted by molar-refractivity contribution is -0.113. The van der Waals surface area contributed by atoms with Crippen molar-refractivity contribution < 1.29 is 9.53 Å². The summed E-state index contributed by atoms with van der Waals surface area (Å²) >= 11 is 1.40. The molecule has 3 rings (SSSR count). The van der Waals surface area contributed by atoms with Crippen molar-refractivity contribution in [1.29, 1.82) is 5.26 Å². The molecular formula is C23H23N3O2S. The maximum absolute atomic E-state index is 13.2. The highest BCUT2D eigenvalue weighted by Crippen LogP contribution is 2.31. The van der Waals surface area contributed by atoms with E-state index in [0.717, 1.165) is 5.56 Å². The first kappa shape index (κ1) is 20.7. The Morgan fingerprint density at radius 1 is 1.24 bits per heavy atom. The summed E-state index contributed by atoms with van der Waals surface area (Å²) in [5, 5.41) is 9.41. The largest absolute Gasteiger partial charge is 0.497 e. The number of amidine groups is 1. The van der Waals surface area contributed by atoms with Gasteiger partial charge in [0.25, 0.3) is 5.91 Å². The molecule has 1 amide bonds. The minimum absolute atomic E-state index is 0.189. The third-order valence-electron chi connectivity index (χ3n) is 4.49. The zero-order valence-electron chi connectivity index (χ0n) is 16.8. The first-order chi connectivity index (χ1) is 14.0. The molecule has 0 saturated carbocycles. The van der Waals surface area contributed by atoms with Crippen LogP contribution in [0.15, 0.2) is 59.2 Å². The third kappa shape index (κ3) is 4.87. The highest BCUT2D eigenvalue weighted by molar-refractivity contribution is 8.14. The van der Waals surface area contributed by atoms with Gasteiger partial charge in [-0.15, -0.1) is 0 Å². The van der Waals surface area contributed by atoms with Gasteiger partial charge in [0.2, 0.25) is 0 Å². The van der Waals surface area contributed by atoms with E-state index < -0.39 is 0 Å². The molecule has 0 bridgehead atoms. The number of thioether (sulfide) groups is 1. The van der Waals surface area contributed by atoms with Gasteiger partial charge in [-0.25, -0.2) is 4.99 Å². The van der Waals surface area contributed by atoms with Crippen molar-refractivity contribution in [2.75, 3.05) is 17.8 Å². The molecule has 5 nitrogen and oxygen atoms in total. The predicted octanol–water partition coefficient (Wildman–Crippen LogP) is 5.21. The highest BCUT2D eigenvalue weighted by Gasteiger charge is 2.32. The number of nitriles is 1. The van der Waals surface area contributed by atoms with Crippen LogP contribution >= 0.6 is 11.8 Å². The average molecular weight is 406 g/mol. The molecule has 0 spiro atoms. The molecule has 2 aromatic carbocycles. The molecule has 0 aliphatic carbocycles. The summed E-state index contributed by atoms with van der Waals surface area (Å²) in [7, 11) is 1.59. The average Bonchev–Trinajstić information content (AvgIpc) is 3.03. The van der Waals surface area contributed by atoms with Crippen LogP contribution in [0.3, 0.4) is 0 Å². The molecule has 0 N–H and O–H groups in total. The first-order valence-electron chi connectivity index (χ1n) is 9.42. The molecule has 0 aromatic heterocycles. The van der Waals surface area contributed by atoms with Crippen molar-refractivity contribution in [3.63, 3.8) is 0 Å². The number of carbonyl (C=O) groups is 1. The Morgan fingerprint density at radius 3 is 2.66 bits per heavy atom. The van der Waals surface area contributed by atoms with Crippen LogP contribution in [0.5, 0.6) is 5.75 Å². The number of hydrogen-bond acceptors (Lipinski definition) is 5. The summed E-state index contributed by atoms with van der Waals surface area (Å²) in [6.07, 6.45) is 2.19. The molecule has 0 saturated heterocycles. The number of anilines is 1. The summed E-state index contributed by atoms with van der Waals surface area (Å²) in [6.45, 7) is 4.30. The van der Waals surface area contributed by atoms with E-state index in [4.69, 9.17) is 10.00 Å². The lowest BCUT2D eigenvalue weighted by Crippen LogP contribution is -2.30. The Bertz CT molecular complexity index is 988. The van der Waals surface area contributed by atoms with Gasteiger partial charge in [-0.3, -0.25) is 9.69 Å². The van der Waals surface area contributed by atoms with E-state index in [1.807, 2.05) is 30.3 Å². The van der Waals surface area contributed by atoms with E-state index in [-0.39, 0.29) is 5.91 Å². The number of aliphatic imine (C=N–C) groups is 1. The molecule has 0 fully saturated rings. The van der Waals surface area contributed by atoms with Crippen LogP contribution in [-0.4, -0.2) is 23.9 Å². The number of benzene rings is 2. The Kier molecular flexibility index (Phi) is 6.73. The summed E-state index contributed by atoms with van der Waals surface area (Å²) in [6, 6.07) is 17.6. The summed E-state index contributed by atoms with van der Waals surface area (Å²) in [4.78, 5) is 19.3. The SMILES string of the molecule is COc1cccc(N2C(=O)/C(=C\c3ccc(C(C)C)cc3)N=C2SCCC#N)c1. The van der Waals surface area contributed by atoms with Crippen LogP contribution in [0.2, 0.25) is 0 Å². The van der Waals surface area contributed by atoms with E-state index in [1.54, 1.807) is 24.2 Å². The zero-order chi connectivity index (χ0) is 20.8. The first-order valence-corrected chi connectivity index (χ1v) is 10.4. The van der Waals surface area contributed by atoms with E-state index in [0.29, 0.717) is 40.4 Å². The van der Waals surface area contributed by atoms with Crippen LogP contribution in [0.1, 0.15) is 37.3 Å². The number of nitrogens with zero attached hydrogens (tertiary/aromatic N) is 3. The van der Waals surface area contributed by atoms with Crippen LogP contribution < -0.4 is 9.64 Å². The van der Waals surface area contributed by atoms with Gasteiger partial charge >= 0.3 is 0 Å². The number of ether oxygens (including phenoxy) is 1. The standard InChI is InChI=1S/C23H23N3O2S/c1-16(2)18-10-8-17(9-11-18)14-21-22(27)26(23(25-21)29-13-5-12-24)19-6-4-7-20(15-19)28-3/h4,6-11,14-16H,5,13H2,1-3H3/b21-14+. The van der Waals surface area contributed by atoms with E-state index in [2.05, 4.69) is 37.0 Å². The van der Waals surface area contributed by atoms with Crippen LogP contribution in [0.25, 0.3) is 6.08 Å². The Balaban J connectivity index is 1.93. The fourth-order valence-electron chi connectivity index (χ4n) is 2.89. The van der Waals surface area contributed by atoms with Gasteiger partial charge in [0.05, 0.1) is 18.9 Å². The second-order valence-electron chi connectivity index (χ2n) is 6.84. The van der Waals surface area contributed by atoms with E-state index in [9.17, 15) is 4.79 Å². The van der Waals surface area contributed by atoms with Gasteiger partial charge in [-0.1, -0.05) is 55.9 Å². The lowest BCUT2D eigenvalue weighted by atomic mass is 10.0. The topological polar surface area (TPSA) is 65.7 Å². The van der Waals surface area contributed by atoms with Crippen LogP contribution in [0.4, 0.5) is 5.69 Å². The van der Waals surface area contributed by atoms with Crippen molar-refractivity contribution in [3.05, 3.63) is 65.4 Å². The molecule has 0 atom stereocenters. The zero-order valence-corrected chi connectivity index (χ0v) is 17.6. The Morgan fingerprint density at radius 2 is 2.00 bits per heavy atom. The molecule has 148 valence electrons. The molecule has 29 heavy (non-hydrogen) atoms. The summed E-state index contributed by atoms with van der Waals surface area (Å²) < 4.78 is 5.29. The molecule has 0 radical (unpaired) electrons. The lowest BCUT2D eigenvalue weighted by Gasteiger charge is -2.18. The molecule has 2 aromatic rings. The number of hydrogen-bond donors (Lipinski definition) is 0. The van der Waals surface area contributed by atoms with E-state index in [1.165, 1.54) is 17.3 Å². The molecule has 1 aliphatic rings. The smallest absolute Gasteiger partial charge is 0.283 e. The predicted molar refractivity (Wildman–Crippen MR) is 119 cm³/mol. The van der Waals surface area contributed by atoms with Gasteiger partial charge in [0.1, 0.15) is 11.4 Å². The minimum atomic E-state index is -0.189. The maximum Gasteiger partial charge on any atom is 0.283 e. The van der Waals surface area contributed by atoms with Crippen molar-refractivity contribution in [2.24, 2.45) is 4.99 Å². The van der Waals surface area contributed by atoms with Crippen molar-refractivity contribution in [2.45, 2.75) is 26.2 Å². The van der Waals surface area contributed by atoms with Gasteiger partial charge in [-0.2, -0.15) is 5.26 Å². The number of carbonyl (C=O) groups excluding carboxylic acids is 1. The summed E-state index contributed by atoms with van der Waals surface area (Å²) in [5.74, 6) is 1.50. The van der Waals surface area contributed by atoms with Gasteiger partial charge < -0.3 is 4.74 Å². The fourth-order valence-corrected chi connectivity index (χ4v) is 3.75. The molecule has 1 aliphatic heterocycles. The normalized spacial score (nSPS) is 15.0. The van der Waals surface area contributed by atoms with Crippen molar-refractivity contribution >= 4 is 34.6 Å². The number of rotatable bonds is 6. The molecular weight excluding hydrogens is 382 g/mol. The molecule has 6 heteroatoms. The minimum Gasteiger partial charge on any atom is -0.497 e. The number of methoxy groups -OCH3 is 1. The monoisotopic (exact) mass is 405 g/mol. The van der Waals surface area contributed by atoms with E-state index >= 15 is 0 Å². The van der Waals surface area contributed by atoms with Crippen LogP contribution in [0, 0.1) is 11.3 Å². The second kappa shape index (κ2) is 9.44. The molecule has 1 heterocycles. The fraction of sp³-hybridized carbons (Fsp3) is 0.261.